The Morgan fingerprint density at radius 1 is 1.15 bits per heavy atom. The van der Waals surface area contributed by atoms with Crippen molar-refractivity contribution < 1.29 is 17.2 Å². The van der Waals surface area contributed by atoms with E-state index in [1.165, 1.54) is 18.2 Å². The molecule has 1 aromatic rings. The summed E-state index contributed by atoms with van der Waals surface area (Å²) in [4.78, 5) is 1.84. The molecule has 20 heavy (non-hydrogen) atoms. The zero-order chi connectivity index (χ0) is 14.9. The highest BCUT2D eigenvalue weighted by Crippen LogP contribution is 2.26. The van der Waals surface area contributed by atoms with E-state index in [4.69, 9.17) is 5.14 Å². The number of rotatable bonds is 3. The van der Waals surface area contributed by atoms with Crippen molar-refractivity contribution >= 4 is 10.2 Å². The lowest BCUT2D eigenvalue weighted by molar-refractivity contribution is 0.141. The Morgan fingerprint density at radius 2 is 1.65 bits per heavy atom. The fourth-order valence-corrected chi connectivity index (χ4v) is 3.11. The van der Waals surface area contributed by atoms with E-state index in [1.54, 1.807) is 6.92 Å². The van der Waals surface area contributed by atoms with Gasteiger partial charge in [0.25, 0.3) is 10.2 Å². The molecule has 5 nitrogen and oxygen atoms in total. The van der Waals surface area contributed by atoms with Crippen molar-refractivity contribution in [2.75, 3.05) is 26.2 Å². The summed E-state index contributed by atoms with van der Waals surface area (Å²) in [6, 6.07) is 3.30. The maximum absolute atomic E-state index is 13.7. The Kier molecular flexibility index (Phi) is 4.38. The van der Waals surface area contributed by atoms with Crippen LogP contribution in [-0.4, -0.2) is 43.8 Å². The van der Waals surface area contributed by atoms with Crippen LogP contribution in [0.5, 0.6) is 0 Å². The van der Waals surface area contributed by atoms with Gasteiger partial charge in [0, 0.05) is 37.8 Å². The van der Waals surface area contributed by atoms with Crippen molar-refractivity contribution in [2.24, 2.45) is 5.14 Å². The topological polar surface area (TPSA) is 66.6 Å². The van der Waals surface area contributed by atoms with Gasteiger partial charge in [0.15, 0.2) is 0 Å². The molecule has 1 aliphatic rings. The summed E-state index contributed by atoms with van der Waals surface area (Å²) in [6.07, 6.45) is 0. The molecular formula is C12H17F2N3O2S. The van der Waals surface area contributed by atoms with Crippen molar-refractivity contribution in [3.05, 3.63) is 35.4 Å². The van der Waals surface area contributed by atoms with E-state index in [-0.39, 0.29) is 18.7 Å². The largest absolute Gasteiger partial charge is 0.294 e. The lowest BCUT2D eigenvalue weighted by Crippen LogP contribution is -2.51. The Labute approximate surface area is 117 Å². The number of halogens is 2. The first-order valence-corrected chi connectivity index (χ1v) is 7.77. The summed E-state index contributed by atoms with van der Waals surface area (Å²) in [5, 5.41) is 5.05. The molecule has 1 unspecified atom stereocenters. The summed E-state index contributed by atoms with van der Waals surface area (Å²) in [7, 11) is -3.70. The van der Waals surface area contributed by atoms with Crippen molar-refractivity contribution in [1.82, 2.24) is 9.21 Å². The predicted molar refractivity (Wildman–Crippen MR) is 71.0 cm³/mol. The molecule has 8 heteroatoms. The van der Waals surface area contributed by atoms with E-state index < -0.39 is 27.9 Å². The van der Waals surface area contributed by atoms with E-state index >= 15 is 0 Å². The monoisotopic (exact) mass is 305 g/mol. The molecule has 1 atom stereocenters. The highest BCUT2D eigenvalue weighted by molar-refractivity contribution is 7.86. The molecule has 0 aromatic heterocycles. The highest BCUT2D eigenvalue weighted by Gasteiger charge is 2.29. The van der Waals surface area contributed by atoms with Gasteiger partial charge in [-0.1, -0.05) is 6.07 Å². The average molecular weight is 305 g/mol. The lowest BCUT2D eigenvalue weighted by atomic mass is 10.0. The number of benzene rings is 1. The third kappa shape index (κ3) is 3.14. The molecule has 0 bridgehead atoms. The smallest absolute Gasteiger partial charge is 0.276 e. The van der Waals surface area contributed by atoms with Crippen LogP contribution in [0.2, 0.25) is 0 Å². The second kappa shape index (κ2) is 5.72. The summed E-state index contributed by atoms with van der Waals surface area (Å²) < 4.78 is 51.0. The molecular weight excluding hydrogens is 288 g/mol. The molecule has 1 fully saturated rings. The summed E-state index contributed by atoms with van der Waals surface area (Å²) >= 11 is 0. The van der Waals surface area contributed by atoms with E-state index in [0.717, 1.165) is 4.31 Å². The lowest BCUT2D eigenvalue weighted by Gasteiger charge is -2.36. The van der Waals surface area contributed by atoms with Crippen LogP contribution in [0.25, 0.3) is 0 Å². The zero-order valence-corrected chi connectivity index (χ0v) is 11.9. The number of hydrogen-bond donors (Lipinski definition) is 1. The van der Waals surface area contributed by atoms with Crippen molar-refractivity contribution in [3.63, 3.8) is 0 Å². The van der Waals surface area contributed by atoms with E-state index in [9.17, 15) is 17.2 Å². The van der Waals surface area contributed by atoms with Gasteiger partial charge in [0.2, 0.25) is 0 Å². The van der Waals surface area contributed by atoms with Gasteiger partial charge < -0.3 is 0 Å². The minimum Gasteiger partial charge on any atom is -0.294 e. The molecule has 112 valence electrons. The highest BCUT2D eigenvalue weighted by atomic mass is 32.2. The van der Waals surface area contributed by atoms with Crippen LogP contribution in [0.15, 0.2) is 18.2 Å². The van der Waals surface area contributed by atoms with Crippen LogP contribution in [0.4, 0.5) is 8.78 Å². The predicted octanol–water partition coefficient (Wildman–Crippen LogP) is 0.847. The standard InChI is InChI=1S/C12H17F2N3O2S/c1-9(12-10(13)3-2-4-11(12)14)16-5-7-17(8-6-16)20(15,18)19/h2-4,9H,5-8H2,1H3,(H2,15,18,19). The third-order valence-corrected chi connectivity index (χ3v) is 4.68. The quantitative estimate of drug-likeness (QED) is 0.900. The van der Waals surface area contributed by atoms with Gasteiger partial charge in [0.05, 0.1) is 0 Å². The fraction of sp³-hybridized carbons (Fsp3) is 0.500. The minimum absolute atomic E-state index is 0.0107. The zero-order valence-electron chi connectivity index (χ0n) is 11.1. The summed E-state index contributed by atoms with van der Waals surface area (Å²) in [6.45, 7) is 2.91. The van der Waals surface area contributed by atoms with Crippen LogP contribution in [0.1, 0.15) is 18.5 Å². The molecule has 0 spiro atoms. The van der Waals surface area contributed by atoms with E-state index in [0.29, 0.717) is 13.1 Å². The molecule has 1 heterocycles. The number of hydrogen-bond acceptors (Lipinski definition) is 3. The molecule has 1 saturated heterocycles. The van der Waals surface area contributed by atoms with Crippen molar-refractivity contribution in [3.8, 4) is 0 Å². The van der Waals surface area contributed by atoms with Crippen LogP contribution >= 0.6 is 0 Å². The van der Waals surface area contributed by atoms with Crippen LogP contribution < -0.4 is 5.14 Å². The average Bonchev–Trinajstić information content (AvgIpc) is 2.37. The Balaban J connectivity index is 2.11. The molecule has 2 N–H and O–H groups in total. The normalized spacial score (nSPS) is 20.0. The number of piperazine rings is 1. The van der Waals surface area contributed by atoms with Gasteiger partial charge >= 0.3 is 0 Å². The molecule has 0 amide bonds. The molecule has 0 saturated carbocycles. The molecule has 0 radical (unpaired) electrons. The van der Waals surface area contributed by atoms with Gasteiger partial charge in [-0.05, 0) is 19.1 Å². The molecule has 2 rings (SSSR count). The molecule has 1 aliphatic heterocycles. The van der Waals surface area contributed by atoms with E-state index in [1.807, 2.05) is 4.90 Å². The first-order valence-electron chi connectivity index (χ1n) is 6.26. The van der Waals surface area contributed by atoms with Crippen LogP contribution in [-0.2, 0) is 10.2 Å². The second-order valence-corrected chi connectivity index (χ2v) is 6.34. The maximum Gasteiger partial charge on any atom is 0.276 e. The Hall–Kier alpha value is -1.09. The van der Waals surface area contributed by atoms with Crippen LogP contribution in [0.3, 0.4) is 0 Å². The van der Waals surface area contributed by atoms with Gasteiger partial charge in [-0.3, -0.25) is 4.90 Å². The third-order valence-electron chi connectivity index (χ3n) is 3.60. The van der Waals surface area contributed by atoms with Crippen molar-refractivity contribution in [2.45, 2.75) is 13.0 Å². The first kappa shape index (κ1) is 15.3. The van der Waals surface area contributed by atoms with Gasteiger partial charge in [-0.15, -0.1) is 0 Å². The number of nitrogens with zero attached hydrogens (tertiary/aromatic N) is 2. The number of nitrogens with two attached hydrogens (primary N) is 1. The van der Waals surface area contributed by atoms with Crippen molar-refractivity contribution in [1.29, 1.82) is 0 Å². The van der Waals surface area contributed by atoms with Crippen LogP contribution in [0, 0.1) is 11.6 Å². The summed E-state index contributed by atoms with van der Waals surface area (Å²) in [5.74, 6) is -1.18. The SMILES string of the molecule is CC(c1c(F)cccc1F)N1CCN(S(N)(=O)=O)CC1. The fourth-order valence-electron chi connectivity index (χ4n) is 2.44. The van der Waals surface area contributed by atoms with Gasteiger partial charge in [0.1, 0.15) is 11.6 Å². The summed E-state index contributed by atoms with van der Waals surface area (Å²) in [5.41, 5.74) is 0.0107. The Morgan fingerprint density at radius 3 is 2.10 bits per heavy atom. The first-order chi connectivity index (χ1) is 9.30. The molecule has 0 aliphatic carbocycles. The maximum atomic E-state index is 13.7. The molecule has 1 aromatic carbocycles. The second-order valence-electron chi connectivity index (χ2n) is 4.79. The van der Waals surface area contributed by atoms with E-state index in [2.05, 4.69) is 0 Å². The van der Waals surface area contributed by atoms with Gasteiger partial charge in [-0.2, -0.15) is 12.7 Å². The minimum atomic E-state index is -3.70. The van der Waals surface area contributed by atoms with Gasteiger partial charge in [-0.25, -0.2) is 13.9 Å². The Bertz CT molecular complexity index is 566.